The number of rotatable bonds is 22. The third kappa shape index (κ3) is 20.2. The van der Waals surface area contributed by atoms with Crippen LogP contribution in [0.1, 0.15) is 130 Å². The van der Waals surface area contributed by atoms with Crippen molar-refractivity contribution < 1.29 is 4.74 Å². The number of unbranched alkanes of at least 4 members (excludes halogenated alkanes) is 14. The molecule has 0 aliphatic carbocycles. The van der Waals surface area contributed by atoms with E-state index in [0.717, 1.165) is 19.8 Å². The lowest BCUT2D eigenvalue weighted by Crippen LogP contribution is -2.33. The van der Waals surface area contributed by atoms with E-state index in [9.17, 15) is 0 Å². The SMILES string of the molecule is CCCCCCCCCCCCCCCCCOC[C@H](CC)NCCC. The fourth-order valence-electron chi connectivity index (χ4n) is 3.47. The standard InChI is InChI=1S/C24H51NO/c1-4-7-8-9-10-11-12-13-14-15-16-17-18-19-20-22-26-23-24(6-3)25-21-5-2/h24-25H,4-23H2,1-3H3/t24-/m0/s1. The molecule has 0 aliphatic rings. The predicted octanol–water partition coefficient (Wildman–Crippen LogP) is 7.65. The number of ether oxygens (including phenoxy) is 1. The first-order valence-corrected chi connectivity index (χ1v) is 12.2. The van der Waals surface area contributed by atoms with Gasteiger partial charge in [-0.05, 0) is 25.8 Å². The van der Waals surface area contributed by atoms with Gasteiger partial charge in [0.15, 0.2) is 0 Å². The Morgan fingerprint density at radius 1 is 0.577 bits per heavy atom. The average Bonchev–Trinajstić information content (AvgIpc) is 2.66. The van der Waals surface area contributed by atoms with Crippen molar-refractivity contribution in [3.05, 3.63) is 0 Å². The summed E-state index contributed by atoms with van der Waals surface area (Å²) in [5.74, 6) is 0. The Morgan fingerprint density at radius 3 is 1.46 bits per heavy atom. The molecular formula is C24H51NO. The zero-order valence-electron chi connectivity index (χ0n) is 18.6. The molecule has 0 aromatic heterocycles. The molecule has 0 fully saturated rings. The molecule has 0 aromatic carbocycles. The molecule has 0 amide bonds. The highest BCUT2D eigenvalue weighted by atomic mass is 16.5. The van der Waals surface area contributed by atoms with Crippen molar-refractivity contribution in [2.24, 2.45) is 0 Å². The summed E-state index contributed by atoms with van der Waals surface area (Å²) in [5, 5.41) is 3.55. The summed E-state index contributed by atoms with van der Waals surface area (Å²) < 4.78 is 5.83. The summed E-state index contributed by atoms with van der Waals surface area (Å²) in [5.41, 5.74) is 0. The minimum Gasteiger partial charge on any atom is -0.380 e. The van der Waals surface area contributed by atoms with E-state index in [-0.39, 0.29) is 0 Å². The van der Waals surface area contributed by atoms with E-state index in [0.29, 0.717) is 6.04 Å². The molecule has 0 aromatic rings. The Balaban J connectivity index is 3.11. The molecule has 158 valence electrons. The van der Waals surface area contributed by atoms with Gasteiger partial charge in [0.05, 0.1) is 6.61 Å². The molecule has 0 spiro atoms. The maximum absolute atomic E-state index is 5.83. The van der Waals surface area contributed by atoms with Gasteiger partial charge in [0, 0.05) is 12.6 Å². The van der Waals surface area contributed by atoms with Gasteiger partial charge >= 0.3 is 0 Å². The van der Waals surface area contributed by atoms with E-state index in [1.165, 1.54) is 109 Å². The molecule has 0 saturated heterocycles. The molecule has 0 bridgehead atoms. The third-order valence-electron chi connectivity index (χ3n) is 5.39. The highest BCUT2D eigenvalue weighted by molar-refractivity contribution is 4.63. The van der Waals surface area contributed by atoms with Crippen LogP contribution in [-0.2, 0) is 4.74 Å². The second kappa shape index (κ2) is 23.0. The van der Waals surface area contributed by atoms with Crippen LogP contribution in [0.25, 0.3) is 0 Å². The van der Waals surface area contributed by atoms with E-state index >= 15 is 0 Å². The first kappa shape index (κ1) is 25.9. The number of nitrogens with one attached hydrogen (secondary N) is 1. The topological polar surface area (TPSA) is 21.3 Å². The summed E-state index contributed by atoms with van der Waals surface area (Å²) in [6.07, 6.45) is 23.7. The molecule has 0 rings (SSSR count). The van der Waals surface area contributed by atoms with Crippen molar-refractivity contribution in [2.45, 2.75) is 136 Å². The van der Waals surface area contributed by atoms with Gasteiger partial charge < -0.3 is 10.1 Å². The van der Waals surface area contributed by atoms with Gasteiger partial charge in [-0.25, -0.2) is 0 Å². The Labute approximate surface area is 166 Å². The first-order valence-electron chi connectivity index (χ1n) is 12.2. The van der Waals surface area contributed by atoms with Crippen molar-refractivity contribution >= 4 is 0 Å². The molecule has 26 heavy (non-hydrogen) atoms. The molecule has 1 N–H and O–H groups in total. The van der Waals surface area contributed by atoms with Crippen LogP contribution in [0.2, 0.25) is 0 Å². The van der Waals surface area contributed by atoms with Crippen molar-refractivity contribution in [1.29, 1.82) is 0 Å². The molecule has 0 saturated carbocycles. The number of hydrogen-bond acceptors (Lipinski definition) is 2. The van der Waals surface area contributed by atoms with Crippen LogP contribution in [0, 0.1) is 0 Å². The average molecular weight is 370 g/mol. The Hall–Kier alpha value is -0.0800. The van der Waals surface area contributed by atoms with Gasteiger partial charge in [0.1, 0.15) is 0 Å². The highest BCUT2D eigenvalue weighted by Crippen LogP contribution is 2.13. The molecule has 0 heterocycles. The zero-order chi connectivity index (χ0) is 19.1. The second-order valence-corrected chi connectivity index (χ2v) is 8.08. The molecule has 1 atom stereocenters. The summed E-state index contributed by atoms with van der Waals surface area (Å²) in [6, 6.07) is 0.547. The highest BCUT2D eigenvalue weighted by Gasteiger charge is 2.04. The maximum atomic E-state index is 5.83. The van der Waals surface area contributed by atoms with Crippen LogP contribution < -0.4 is 5.32 Å². The van der Waals surface area contributed by atoms with Crippen LogP contribution in [0.3, 0.4) is 0 Å². The fraction of sp³-hybridized carbons (Fsp3) is 1.00. The first-order chi connectivity index (χ1) is 12.8. The van der Waals surface area contributed by atoms with E-state index in [2.05, 4.69) is 26.1 Å². The molecule has 0 unspecified atom stereocenters. The lowest BCUT2D eigenvalue weighted by Gasteiger charge is -2.16. The van der Waals surface area contributed by atoms with Crippen LogP contribution in [0.4, 0.5) is 0 Å². The maximum Gasteiger partial charge on any atom is 0.0619 e. The van der Waals surface area contributed by atoms with Gasteiger partial charge in [-0.2, -0.15) is 0 Å². The van der Waals surface area contributed by atoms with Gasteiger partial charge in [-0.3, -0.25) is 0 Å². The van der Waals surface area contributed by atoms with E-state index in [1.54, 1.807) is 0 Å². The van der Waals surface area contributed by atoms with Crippen molar-refractivity contribution in [3.63, 3.8) is 0 Å². The molecular weight excluding hydrogens is 318 g/mol. The van der Waals surface area contributed by atoms with Crippen LogP contribution in [0.15, 0.2) is 0 Å². The third-order valence-corrected chi connectivity index (χ3v) is 5.39. The smallest absolute Gasteiger partial charge is 0.0619 e. The quantitative estimate of drug-likeness (QED) is 0.198. The van der Waals surface area contributed by atoms with Crippen molar-refractivity contribution in [3.8, 4) is 0 Å². The van der Waals surface area contributed by atoms with Crippen LogP contribution >= 0.6 is 0 Å². The van der Waals surface area contributed by atoms with E-state index in [1.807, 2.05) is 0 Å². The molecule has 0 radical (unpaired) electrons. The van der Waals surface area contributed by atoms with E-state index in [4.69, 9.17) is 4.74 Å². The fourth-order valence-corrected chi connectivity index (χ4v) is 3.47. The Morgan fingerprint density at radius 2 is 1.04 bits per heavy atom. The molecule has 2 heteroatoms. The van der Waals surface area contributed by atoms with Gasteiger partial charge in [-0.1, -0.05) is 111 Å². The zero-order valence-corrected chi connectivity index (χ0v) is 18.6. The van der Waals surface area contributed by atoms with Crippen LogP contribution in [0.5, 0.6) is 0 Å². The Bertz CT molecular complexity index is 244. The van der Waals surface area contributed by atoms with Gasteiger partial charge in [-0.15, -0.1) is 0 Å². The minimum absolute atomic E-state index is 0.547. The summed E-state index contributed by atoms with van der Waals surface area (Å²) in [6.45, 7) is 9.70. The second-order valence-electron chi connectivity index (χ2n) is 8.08. The molecule has 2 nitrogen and oxygen atoms in total. The summed E-state index contributed by atoms with van der Waals surface area (Å²) in [7, 11) is 0. The Kier molecular flexibility index (Phi) is 22.9. The minimum atomic E-state index is 0.547. The number of hydrogen-bond donors (Lipinski definition) is 1. The predicted molar refractivity (Wildman–Crippen MR) is 118 cm³/mol. The van der Waals surface area contributed by atoms with Crippen molar-refractivity contribution in [1.82, 2.24) is 5.32 Å². The monoisotopic (exact) mass is 369 g/mol. The largest absolute Gasteiger partial charge is 0.380 e. The van der Waals surface area contributed by atoms with Crippen LogP contribution in [-0.4, -0.2) is 25.8 Å². The lowest BCUT2D eigenvalue weighted by atomic mass is 10.0. The molecule has 0 aliphatic heterocycles. The van der Waals surface area contributed by atoms with Gasteiger partial charge in [0.2, 0.25) is 0 Å². The normalized spacial score (nSPS) is 12.6. The lowest BCUT2D eigenvalue weighted by molar-refractivity contribution is 0.106. The van der Waals surface area contributed by atoms with Crippen molar-refractivity contribution in [2.75, 3.05) is 19.8 Å². The van der Waals surface area contributed by atoms with E-state index < -0.39 is 0 Å². The summed E-state index contributed by atoms with van der Waals surface area (Å²) in [4.78, 5) is 0. The summed E-state index contributed by atoms with van der Waals surface area (Å²) >= 11 is 0. The van der Waals surface area contributed by atoms with Gasteiger partial charge in [0.25, 0.3) is 0 Å².